The molecule has 0 saturated heterocycles. The summed E-state index contributed by atoms with van der Waals surface area (Å²) in [5.41, 5.74) is 1.66. The van der Waals surface area contributed by atoms with E-state index in [1.807, 2.05) is 12.1 Å². The van der Waals surface area contributed by atoms with Crippen LogP contribution in [-0.4, -0.2) is 14.9 Å². The molecule has 118 valence electrons. The van der Waals surface area contributed by atoms with E-state index in [0.29, 0.717) is 34.0 Å². The molecule has 1 aromatic carbocycles. The quantitative estimate of drug-likeness (QED) is 0.441. The van der Waals surface area contributed by atoms with E-state index in [0.717, 1.165) is 5.56 Å². The Kier molecular flexibility index (Phi) is 4.22. The van der Waals surface area contributed by atoms with Gasteiger partial charge in [-0.2, -0.15) is 5.26 Å². The molecule has 0 bridgehead atoms. The Balaban J connectivity index is 1.92. The third kappa shape index (κ3) is 3.24. The number of rotatable bonds is 4. The Bertz CT molecular complexity index is 967. The lowest BCUT2D eigenvalue weighted by Crippen LogP contribution is -2.02. The zero-order chi connectivity index (χ0) is 17.1. The van der Waals surface area contributed by atoms with Crippen molar-refractivity contribution in [3.63, 3.8) is 0 Å². The van der Waals surface area contributed by atoms with E-state index in [1.165, 1.54) is 18.2 Å². The molecule has 0 radical (unpaired) electrons. The summed E-state index contributed by atoms with van der Waals surface area (Å²) in [5.74, 6) is 0.503. The molecule has 0 unspecified atom stereocenters. The number of nitro benzene ring substituents is 1. The molecule has 0 fully saturated rings. The van der Waals surface area contributed by atoms with E-state index >= 15 is 0 Å². The van der Waals surface area contributed by atoms with E-state index in [4.69, 9.17) is 11.6 Å². The van der Waals surface area contributed by atoms with Crippen molar-refractivity contribution in [3.05, 3.63) is 69.0 Å². The third-order valence-electron chi connectivity index (χ3n) is 3.39. The first-order chi connectivity index (χ1) is 11.6. The first-order valence-electron chi connectivity index (χ1n) is 6.90. The topological polar surface area (TPSA) is 105 Å². The van der Waals surface area contributed by atoms with Crippen LogP contribution >= 0.6 is 11.6 Å². The third-order valence-corrected chi connectivity index (χ3v) is 3.61. The first-order valence-corrected chi connectivity index (χ1v) is 7.28. The van der Waals surface area contributed by atoms with Gasteiger partial charge in [0, 0.05) is 30.3 Å². The van der Waals surface area contributed by atoms with Crippen molar-refractivity contribution in [1.82, 2.24) is 9.97 Å². The summed E-state index contributed by atoms with van der Waals surface area (Å²) in [7, 11) is 0. The second kappa shape index (κ2) is 6.48. The number of benzene rings is 1. The average molecular weight is 340 g/mol. The number of pyridine rings is 2. The summed E-state index contributed by atoms with van der Waals surface area (Å²) in [6, 6.07) is 11.4. The Labute approximate surface area is 141 Å². The zero-order valence-corrected chi connectivity index (χ0v) is 13.0. The number of nitrogens with zero attached hydrogens (tertiary/aromatic N) is 4. The normalized spacial score (nSPS) is 10.3. The molecule has 2 heterocycles. The van der Waals surface area contributed by atoms with Gasteiger partial charge in [0.25, 0.3) is 5.69 Å². The fourth-order valence-electron chi connectivity index (χ4n) is 2.21. The van der Waals surface area contributed by atoms with Crippen LogP contribution in [0.15, 0.2) is 42.6 Å². The molecule has 7 nitrogen and oxygen atoms in total. The molecule has 0 aliphatic rings. The van der Waals surface area contributed by atoms with Gasteiger partial charge in [-0.05, 0) is 23.8 Å². The van der Waals surface area contributed by atoms with E-state index in [1.54, 1.807) is 18.3 Å². The molecule has 0 amide bonds. The van der Waals surface area contributed by atoms with Gasteiger partial charge in [-0.25, -0.2) is 9.97 Å². The number of nitro groups is 1. The number of hydrogen-bond acceptors (Lipinski definition) is 6. The Hall–Kier alpha value is -3.24. The lowest BCUT2D eigenvalue weighted by molar-refractivity contribution is -0.384. The number of aromatic nitrogens is 2. The molecule has 3 rings (SSSR count). The molecule has 3 aromatic rings. The number of non-ortho nitro benzene ring substituents is 1. The Morgan fingerprint density at radius 1 is 1.29 bits per heavy atom. The number of hydrogen-bond donors (Lipinski definition) is 1. The van der Waals surface area contributed by atoms with Gasteiger partial charge in [-0.3, -0.25) is 10.1 Å². The molecule has 0 saturated carbocycles. The van der Waals surface area contributed by atoms with E-state index in [9.17, 15) is 15.4 Å². The molecule has 1 N–H and O–H groups in total. The summed E-state index contributed by atoms with van der Waals surface area (Å²) in [4.78, 5) is 18.7. The monoisotopic (exact) mass is 339 g/mol. The van der Waals surface area contributed by atoms with Gasteiger partial charge in [-0.1, -0.05) is 17.7 Å². The van der Waals surface area contributed by atoms with Gasteiger partial charge < -0.3 is 5.32 Å². The number of anilines is 1. The van der Waals surface area contributed by atoms with Gasteiger partial charge in [0.1, 0.15) is 11.0 Å². The number of halogens is 1. The first kappa shape index (κ1) is 15.6. The van der Waals surface area contributed by atoms with Crippen molar-refractivity contribution in [2.75, 3.05) is 5.32 Å². The highest BCUT2D eigenvalue weighted by atomic mass is 35.5. The number of nitriles is 1. The average Bonchev–Trinajstić information content (AvgIpc) is 2.60. The maximum atomic E-state index is 10.9. The highest BCUT2D eigenvalue weighted by Crippen LogP contribution is 2.25. The summed E-state index contributed by atoms with van der Waals surface area (Å²) < 4.78 is 0. The molecular formula is C16H10ClN5O2. The van der Waals surface area contributed by atoms with Crippen molar-refractivity contribution < 1.29 is 4.92 Å². The highest BCUT2D eigenvalue weighted by Gasteiger charge is 2.11. The van der Waals surface area contributed by atoms with Gasteiger partial charge in [0.2, 0.25) is 0 Å². The van der Waals surface area contributed by atoms with Gasteiger partial charge in [0.05, 0.1) is 22.1 Å². The van der Waals surface area contributed by atoms with Gasteiger partial charge in [-0.15, -0.1) is 0 Å². The summed E-state index contributed by atoms with van der Waals surface area (Å²) >= 11 is 5.74. The smallest absolute Gasteiger partial charge is 0.270 e. The summed E-state index contributed by atoms with van der Waals surface area (Å²) in [6.07, 6.45) is 1.64. The van der Waals surface area contributed by atoms with E-state index in [2.05, 4.69) is 15.3 Å². The minimum atomic E-state index is -0.500. The van der Waals surface area contributed by atoms with Crippen LogP contribution in [0.3, 0.4) is 0 Å². The van der Waals surface area contributed by atoms with Crippen molar-refractivity contribution in [1.29, 1.82) is 5.26 Å². The van der Waals surface area contributed by atoms with Gasteiger partial charge in [0.15, 0.2) is 0 Å². The molecule has 0 spiro atoms. The van der Waals surface area contributed by atoms with Crippen molar-refractivity contribution in [2.24, 2.45) is 0 Å². The summed E-state index contributed by atoms with van der Waals surface area (Å²) in [5, 5.41) is 24.1. The van der Waals surface area contributed by atoms with Crippen LogP contribution in [0.5, 0.6) is 0 Å². The molecule has 2 aromatic heterocycles. The lowest BCUT2D eigenvalue weighted by Gasteiger charge is -2.08. The Morgan fingerprint density at radius 3 is 2.79 bits per heavy atom. The van der Waals surface area contributed by atoms with Crippen LogP contribution in [0.2, 0.25) is 5.15 Å². The second-order valence-corrected chi connectivity index (χ2v) is 5.36. The zero-order valence-electron chi connectivity index (χ0n) is 12.2. The maximum Gasteiger partial charge on any atom is 0.270 e. The van der Waals surface area contributed by atoms with Crippen LogP contribution in [0.4, 0.5) is 11.5 Å². The van der Waals surface area contributed by atoms with Gasteiger partial charge >= 0.3 is 0 Å². The van der Waals surface area contributed by atoms with E-state index < -0.39 is 4.92 Å². The largest absolute Gasteiger partial charge is 0.366 e. The molecule has 8 heteroatoms. The van der Waals surface area contributed by atoms with Crippen molar-refractivity contribution in [3.8, 4) is 6.07 Å². The van der Waals surface area contributed by atoms with Crippen molar-refractivity contribution >= 4 is 34.0 Å². The fourth-order valence-corrected chi connectivity index (χ4v) is 2.33. The highest BCUT2D eigenvalue weighted by molar-refractivity contribution is 6.29. The van der Waals surface area contributed by atoms with Crippen LogP contribution in [-0.2, 0) is 6.54 Å². The maximum absolute atomic E-state index is 10.9. The number of fused-ring (bicyclic) bond motifs is 1. The standard InChI is InChI=1S/C16H10ClN5O2/c17-15-4-1-10(8-19-15)9-20-16-5-11(7-18)13-6-12(22(23)24)2-3-14(13)21-16/h1-6,8H,9H2,(H,20,21). The molecule has 0 aliphatic heterocycles. The molecule has 24 heavy (non-hydrogen) atoms. The minimum absolute atomic E-state index is 0.0752. The predicted molar refractivity (Wildman–Crippen MR) is 89.7 cm³/mol. The SMILES string of the molecule is N#Cc1cc(NCc2ccc(Cl)nc2)nc2ccc([N+](=O)[O-])cc12. The fraction of sp³-hybridized carbons (Fsp3) is 0.0625. The van der Waals surface area contributed by atoms with E-state index in [-0.39, 0.29) is 5.69 Å². The summed E-state index contributed by atoms with van der Waals surface area (Å²) in [6.45, 7) is 0.459. The predicted octanol–water partition coefficient (Wildman–Crippen LogP) is 3.68. The van der Waals surface area contributed by atoms with Crippen LogP contribution < -0.4 is 5.32 Å². The van der Waals surface area contributed by atoms with Crippen molar-refractivity contribution in [2.45, 2.75) is 6.54 Å². The molecular weight excluding hydrogens is 330 g/mol. The minimum Gasteiger partial charge on any atom is -0.366 e. The molecule has 0 atom stereocenters. The second-order valence-electron chi connectivity index (χ2n) is 4.97. The number of nitrogens with one attached hydrogen (secondary N) is 1. The van der Waals surface area contributed by atoms with Crippen LogP contribution in [0.25, 0.3) is 10.9 Å². The van der Waals surface area contributed by atoms with Crippen LogP contribution in [0.1, 0.15) is 11.1 Å². The molecule has 0 aliphatic carbocycles. The van der Waals surface area contributed by atoms with Crippen LogP contribution in [0, 0.1) is 21.4 Å². The lowest BCUT2D eigenvalue weighted by atomic mass is 10.1. The Morgan fingerprint density at radius 2 is 2.12 bits per heavy atom.